The molecule has 8 nitrogen and oxygen atoms in total. The Bertz CT molecular complexity index is 1860. The Labute approximate surface area is 229 Å². The fourth-order valence-corrected chi connectivity index (χ4v) is 4.26. The molecule has 0 fully saturated rings. The summed E-state index contributed by atoms with van der Waals surface area (Å²) in [6, 6.07) is 15.2. The molecular weight excluding hydrogens is 558 g/mol. The fraction of sp³-hybridized carbons (Fsp3) is 0.0400. The van der Waals surface area contributed by atoms with Crippen LogP contribution in [0.25, 0.3) is 33.1 Å². The van der Waals surface area contributed by atoms with Crippen molar-refractivity contribution in [1.82, 2.24) is 29.5 Å². The Morgan fingerprint density at radius 2 is 1.32 bits per heavy atom. The lowest BCUT2D eigenvalue weighted by molar-refractivity contribution is 0.888. The number of rotatable bonds is 0. The standard InChI is InChI=1S/C9H7ClN2O.C8H4Cl2N2.C8H5ClN2O/c1-12-8(13)5-7(10)6-3-2-4-11-9(6)12;9-6-4-7(10)12-8-5(6)2-1-3-11-8;9-6-4-7(12)11-8-5(6)2-1-3-10-8/h2-5H,1H3;1-4H;1-4H,(H,10,11,12). The van der Waals surface area contributed by atoms with Crippen LogP contribution in [-0.4, -0.2) is 29.5 Å². The van der Waals surface area contributed by atoms with Gasteiger partial charge in [-0.1, -0.05) is 46.4 Å². The maximum atomic E-state index is 11.3. The summed E-state index contributed by atoms with van der Waals surface area (Å²) >= 11 is 23.3. The van der Waals surface area contributed by atoms with Crippen molar-refractivity contribution < 1.29 is 0 Å². The number of pyridine rings is 6. The van der Waals surface area contributed by atoms with Gasteiger partial charge in [-0.3, -0.25) is 14.2 Å². The van der Waals surface area contributed by atoms with E-state index in [9.17, 15) is 9.59 Å². The summed E-state index contributed by atoms with van der Waals surface area (Å²) in [6.45, 7) is 0. The van der Waals surface area contributed by atoms with Gasteiger partial charge in [0, 0.05) is 53.9 Å². The zero-order chi connectivity index (χ0) is 26.5. The van der Waals surface area contributed by atoms with E-state index in [2.05, 4.69) is 24.9 Å². The fourth-order valence-electron chi connectivity index (χ4n) is 3.27. The van der Waals surface area contributed by atoms with Crippen LogP contribution < -0.4 is 11.1 Å². The van der Waals surface area contributed by atoms with Crippen LogP contribution in [0.2, 0.25) is 20.2 Å². The lowest BCUT2D eigenvalue weighted by atomic mass is 10.3. The van der Waals surface area contributed by atoms with Crippen LogP contribution in [0.1, 0.15) is 0 Å². The molecule has 0 aliphatic rings. The predicted molar refractivity (Wildman–Crippen MR) is 149 cm³/mol. The zero-order valence-corrected chi connectivity index (χ0v) is 22.0. The van der Waals surface area contributed by atoms with Crippen molar-refractivity contribution in [3.63, 3.8) is 0 Å². The summed E-state index contributed by atoms with van der Waals surface area (Å²) < 4.78 is 1.47. The molecule has 0 aromatic carbocycles. The van der Waals surface area contributed by atoms with Gasteiger partial charge in [-0.25, -0.2) is 19.9 Å². The van der Waals surface area contributed by atoms with E-state index in [1.807, 2.05) is 18.2 Å². The van der Waals surface area contributed by atoms with Crippen LogP contribution >= 0.6 is 46.4 Å². The molecule has 6 heterocycles. The Hall–Kier alpha value is -3.56. The Morgan fingerprint density at radius 3 is 2.08 bits per heavy atom. The van der Waals surface area contributed by atoms with Crippen LogP contribution in [0.15, 0.2) is 82.8 Å². The minimum atomic E-state index is -0.230. The number of H-pyrrole nitrogens is 1. The maximum Gasteiger partial charge on any atom is 0.253 e. The summed E-state index contributed by atoms with van der Waals surface area (Å²) in [6.07, 6.45) is 4.90. The van der Waals surface area contributed by atoms with Gasteiger partial charge < -0.3 is 4.98 Å². The number of fused-ring (bicyclic) bond motifs is 3. The minimum Gasteiger partial charge on any atom is -0.306 e. The molecule has 0 unspecified atom stereocenters. The highest BCUT2D eigenvalue weighted by atomic mass is 35.5. The number of aryl methyl sites for hydroxylation is 1. The van der Waals surface area contributed by atoms with E-state index in [-0.39, 0.29) is 11.1 Å². The van der Waals surface area contributed by atoms with E-state index in [0.717, 1.165) is 16.2 Å². The first-order valence-corrected chi connectivity index (χ1v) is 12.1. The normalized spacial score (nSPS) is 10.5. The van der Waals surface area contributed by atoms with Gasteiger partial charge in [0.25, 0.3) is 11.1 Å². The number of nitrogens with zero attached hydrogens (tertiary/aromatic N) is 5. The smallest absolute Gasteiger partial charge is 0.253 e. The van der Waals surface area contributed by atoms with Crippen LogP contribution in [0.5, 0.6) is 0 Å². The van der Waals surface area contributed by atoms with Crippen molar-refractivity contribution in [3.05, 3.63) is 114 Å². The van der Waals surface area contributed by atoms with Crippen molar-refractivity contribution in [2.75, 3.05) is 0 Å². The zero-order valence-electron chi connectivity index (χ0n) is 19.0. The molecule has 0 saturated carbocycles. The lowest BCUT2D eigenvalue weighted by Gasteiger charge is -2.03. The van der Waals surface area contributed by atoms with Crippen LogP contribution in [0.3, 0.4) is 0 Å². The molecule has 1 N–H and O–H groups in total. The summed E-state index contributed by atoms with van der Waals surface area (Å²) in [4.78, 5) is 40.9. The second kappa shape index (κ2) is 11.7. The number of aromatic amines is 1. The Morgan fingerprint density at radius 1 is 0.730 bits per heavy atom. The molecule has 6 rings (SSSR count). The van der Waals surface area contributed by atoms with E-state index < -0.39 is 0 Å². The number of hydrogen-bond donors (Lipinski definition) is 1. The summed E-state index contributed by atoms with van der Waals surface area (Å²) in [5, 5.41) is 4.21. The number of aromatic nitrogens is 6. The molecule has 12 heteroatoms. The molecule has 186 valence electrons. The number of hydrogen-bond acceptors (Lipinski definition) is 6. The van der Waals surface area contributed by atoms with Crippen molar-refractivity contribution in [1.29, 1.82) is 0 Å². The van der Waals surface area contributed by atoms with Gasteiger partial charge >= 0.3 is 0 Å². The quantitative estimate of drug-likeness (QED) is 0.220. The Kier molecular flexibility index (Phi) is 8.35. The summed E-state index contributed by atoms with van der Waals surface area (Å²) in [5.74, 6) is 0. The van der Waals surface area contributed by atoms with Crippen LogP contribution in [0, 0.1) is 0 Å². The van der Waals surface area contributed by atoms with E-state index in [0.29, 0.717) is 37.2 Å². The first kappa shape index (κ1) is 26.5. The van der Waals surface area contributed by atoms with Gasteiger partial charge in [0.05, 0.1) is 15.1 Å². The first-order valence-electron chi connectivity index (χ1n) is 10.5. The van der Waals surface area contributed by atoms with Crippen molar-refractivity contribution >= 4 is 79.5 Å². The molecule has 37 heavy (non-hydrogen) atoms. The van der Waals surface area contributed by atoms with Crippen molar-refractivity contribution in [3.8, 4) is 0 Å². The SMILES string of the molecule is Clc1cc(Cl)c2cccnc2n1.Cn1c(=O)cc(Cl)c2cccnc21.O=c1cc(Cl)c2cccnc2[nH]1. The van der Waals surface area contributed by atoms with Gasteiger partial charge in [-0.15, -0.1) is 0 Å². The van der Waals surface area contributed by atoms with Crippen molar-refractivity contribution in [2.24, 2.45) is 7.05 Å². The molecule has 0 aliphatic heterocycles. The molecule has 0 spiro atoms. The molecule has 0 aliphatic carbocycles. The molecule has 6 aromatic heterocycles. The van der Waals surface area contributed by atoms with Crippen molar-refractivity contribution in [2.45, 2.75) is 0 Å². The highest BCUT2D eigenvalue weighted by Gasteiger charge is 2.04. The number of nitrogens with one attached hydrogen (secondary N) is 1. The van der Waals surface area contributed by atoms with Gasteiger partial charge in [0.15, 0.2) is 5.65 Å². The molecular formula is C25H16Cl4N6O2. The Balaban J connectivity index is 0.000000130. The number of halogens is 4. The van der Waals surface area contributed by atoms with Gasteiger partial charge in [0.1, 0.15) is 16.4 Å². The van der Waals surface area contributed by atoms with E-state index in [1.54, 1.807) is 49.9 Å². The highest BCUT2D eigenvalue weighted by Crippen LogP contribution is 2.23. The molecule has 0 radical (unpaired) electrons. The third-order valence-corrected chi connectivity index (χ3v) is 6.14. The maximum absolute atomic E-state index is 11.3. The van der Waals surface area contributed by atoms with Gasteiger partial charge in [-0.05, 0) is 42.5 Å². The van der Waals surface area contributed by atoms with Crippen LogP contribution in [0.4, 0.5) is 0 Å². The van der Waals surface area contributed by atoms with Gasteiger partial charge in [0.2, 0.25) is 0 Å². The minimum absolute atomic E-state index is 0.142. The third-order valence-electron chi connectivity index (χ3n) is 5.01. The summed E-state index contributed by atoms with van der Waals surface area (Å²) in [7, 11) is 1.67. The van der Waals surface area contributed by atoms with E-state index >= 15 is 0 Å². The molecule has 0 amide bonds. The van der Waals surface area contributed by atoms with Crippen LogP contribution in [-0.2, 0) is 7.05 Å². The lowest BCUT2D eigenvalue weighted by Crippen LogP contribution is -2.16. The molecule has 0 atom stereocenters. The second-order valence-corrected chi connectivity index (χ2v) is 9.06. The summed E-state index contributed by atoms with van der Waals surface area (Å²) in [5.41, 5.74) is 1.34. The van der Waals surface area contributed by atoms with Gasteiger partial charge in [-0.2, -0.15) is 0 Å². The topological polar surface area (TPSA) is 106 Å². The van der Waals surface area contributed by atoms with E-state index in [4.69, 9.17) is 46.4 Å². The average molecular weight is 574 g/mol. The first-order chi connectivity index (χ1) is 17.7. The monoisotopic (exact) mass is 572 g/mol. The largest absolute Gasteiger partial charge is 0.306 e. The highest BCUT2D eigenvalue weighted by molar-refractivity contribution is 6.37. The molecule has 6 aromatic rings. The van der Waals surface area contributed by atoms with E-state index in [1.165, 1.54) is 16.7 Å². The molecule has 0 bridgehead atoms. The predicted octanol–water partition coefficient (Wildman–Crippen LogP) is 6.10. The third kappa shape index (κ3) is 6.23. The second-order valence-electron chi connectivity index (χ2n) is 7.45. The molecule has 0 saturated heterocycles. The average Bonchev–Trinajstić information content (AvgIpc) is 2.88.